The highest BCUT2D eigenvalue weighted by atomic mass is 16.3. The highest BCUT2D eigenvalue weighted by Crippen LogP contribution is 2.12. The van der Waals surface area contributed by atoms with Crippen molar-refractivity contribution in [1.82, 2.24) is 10.3 Å². The van der Waals surface area contributed by atoms with Crippen molar-refractivity contribution in [2.75, 3.05) is 6.54 Å². The number of carbonyl (C=O) groups excluding carboxylic acids is 1. The van der Waals surface area contributed by atoms with Crippen LogP contribution in [0.1, 0.15) is 30.1 Å². The Balaban J connectivity index is 2.45. The average Bonchev–Trinajstić information content (AvgIpc) is 2.52. The number of rotatable bonds is 4. The molecule has 0 aliphatic heterocycles. The van der Waals surface area contributed by atoms with Gasteiger partial charge in [-0.25, -0.2) is 0 Å². The van der Waals surface area contributed by atoms with Crippen molar-refractivity contribution in [3.8, 4) is 5.88 Å². The number of aromatic hydroxyl groups is 1. The van der Waals surface area contributed by atoms with Crippen molar-refractivity contribution >= 4 is 5.91 Å². The van der Waals surface area contributed by atoms with Crippen LogP contribution in [0.3, 0.4) is 0 Å². The Labute approximate surface area is 77.0 Å². The highest BCUT2D eigenvalue weighted by Gasteiger charge is 2.10. The summed E-state index contributed by atoms with van der Waals surface area (Å²) in [5.41, 5.74) is 0.302. The Morgan fingerprint density at radius 1 is 1.69 bits per heavy atom. The van der Waals surface area contributed by atoms with Gasteiger partial charge in [-0.3, -0.25) is 4.79 Å². The number of aromatic amines is 1. The van der Waals surface area contributed by atoms with E-state index in [1.807, 2.05) is 0 Å². The first kappa shape index (κ1) is 9.64. The number of hydrogen-bond acceptors (Lipinski definition) is 2. The van der Waals surface area contributed by atoms with Crippen molar-refractivity contribution in [2.24, 2.45) is 0 Å². The molecule has 1 aromatic heterocycles. The maximum atomic E-state index is 11.3. The van der Waals surface area contributed by atoms with E-state index in [1.165, 1.54) is 6.20 Å². The summed E-state index contributed by atoms with van der Waals surface area (Å²) >= 11 is 0. The molecule has 0 atom stereocenters. The standard InChI is InChI=1S/C9H14N2O2/c1-2-3-5-10-8(12)7-4-6-11-9(7)13/h4,6,11,13H,2-3,5H2,1H3,(H,10,12). The van der Waals surface area contributed by atoms with E-state index < -0.39 is 0 Å². The minimum Gasteiger partial charge on any atom is -0.494 e. The molecule has 4 heteroatoms. The van der Waals surface area contributed by atoms with Crippen LogP contribution in [0.15, 0.2) is 12.3 Å². The fourth-order valence-corrected chi connectivity index (χ4v) is 1.02. The van der Waals surface area contributed by atoms with Crippen LogP contribution in [0.4, 0.5) is 0 Å². The van der Waals surface area contributed by atoms with Gasteiger partial charge in [-0.1, -0.05) is 13.3 Å². The van der Waals surface area contributed by atoms with Crippen molar-refractivity contribution in [1.29, 1.82) is 0 Å². The Kier molecular flexibility index (Phi) is 3.37. The van der Waals surface area contributed by atoms with Gasteiger partial charge >= 0.3 is 0 Å². The van der Waals surface area contributed by atoms with E-state index in [0.29, 0.717) is 12.1 Å². The first-order chi connectivity index (χ1) is 6.25. The molecule has 3 N–H and O–H groups in total. The lowest BCUT2D eigenvalue weighted by molar-refractivity contribution is 0.0950. The number of nitrogens with one attached hydrogen (secondary N) is 2. The molecule has 0 unspecified atom stereocenters. The van der Waals surface area contributed by atoms with E-state index in [4.69, 9.17) is 5.11 Å². The molecule has 0 saturated heterocycles. The van der Waals surface area contributed by atoms with Crippen molar-refractivity contribution in [3.63, 3.8) is 0 Å². The highest BCUT2D eigenvalue weighted by molar-refractivity contribution is 5.96. The largest absolute Gasteiger partial charge is 0.494 e. The summed E-state index contributed by atoms with van der Waals surface area (Å²) in [7, 11) is 0. The van der Waals surface area contributed by atoms with Gasteiger partial charge in [0, 0.05) is 12.7 Å². The molecule has 0 saturated carbocycles. The topological polar surface area (TPSA) is 65.1 Å². The van der Waals surface area contributed by atoms with Gasteiger partial charge in [0.05, 0.1) is 0 Å². The molecule has 1 amide bonds. The molecule has 0 aliphatic rings. The summed E-state index contributed by atoms with van der Waals surface area (Å²) in [5, 5.41) is 11.9. The fourth-order valence-electron chi connectivity index (χ4n) is 1.02. The van der Waals surface area contributed by atoms with Gasteiger partial charge in [0.1, 0.15) is 5.56 Å². The molecule has 4 nitrogen and oxygen atoms in total. The van der Waals surface area contributed by atoms with Gasteiger partial charge in [0.25, 0.3) is 5.91 Å². The van der Waals surface area contributed by atoms with Crippen LogP contribution < -0.4 is 5.32 Å². The summed E-state index contributed by atoms with van der Waals surface area (Å²) in [6, 6.07) is 1.55. The first-order valence-corrected chi connectivity index (χ1v) is 4.40. The second kappa shape index (κ2) is 4.54. The summed E-state index contributed by atoms with van der Waals surface area (Å²) in [6.07, 6.45) is 3.53. The number of carbonyl (C=O) groups is 1. The molecular formula is C9H14N2O2. The van der Waals surface area contributed by atoms with Crippen molar-refractivity contribution in [3.05, 3.63) is 17.8 Å². The summed E-state index contributed by atoms with van der Waals surface area (Å²) in [4.78, 5) is 13.8. The van der Waals surface area contributed by atoms with E-state index in [9.17, 15) is 4.79 Å². The molecule has 0 bridgehead atoms. The number of H-pyrrole nitrogens is 1. The van der Waals surface area contributed by atoms with Crippen molar-refractivity contribution in [2.45, 2.75) is 19.8 Å². The second-order valence-electron chi connectivity index (χ2n) is 2.85. The Bertz CT molecular complexity index is 281. The van der Waals surface area contributed by atoms with Gasteiger partial charge in [-0.05, 0) is 12.5 Å². The molecule has 0 aromatic carbocycles. The van der Waals surface area contributed by atoms with E-state index in [1.54, 1.807) is 6.07 Å². The summed E-state index contributed by atoms with van der Waals surface area (Å²) in [6.45, 7) is 2.71. The van der Waals surface area contributed by atoms with E-state index >= 15 is 0 Å². The van der Waals surface area contributed by atoms with Crippen LogP contribution in [-0.4, -0.2) is 22.5 Å². The maximum Gasteiger partial charge on any atom is 0.256 e. The van der Waals surface area contributed by atoms with Crippen LogP contribution in [0.25, 0.3) is 0 Å². The third-order valence-electron chi connectivity index (χ3n) is 1.79. The lowest BCUT2D eigenvalue weighted by Gasteiger charge is -2.01. The monoisotopic (exact) mass is 182 g/mol. The Hall–Kier alpha value is -1.45. The minimum absolute atomic E-state index is 0.0750. The molecule has 0 aliphatic carbocycles. The molecule has 72 valence electrons. The quantitative estimate of drug-likeness (QED) is 0.613. The third kappa shape index (κ3) is 2.50. The van der Waals surface area contributed by atoms with Crippen LogP contribution in [0, 0.1) is 0 Å². The summed E-state index contributed by atoms with van der Waals surface area (Å²) < 4.78 is 0. The van der Waals surface area contributed by atoms with E-state index in [2.05, 4.69) is 17.2 Å². The predicted molar refractivity (Wildman–Crippen MR) is 49.7 cm³/mol. The SMILES string of the molecule is CCCCNC(=O)c1cc[nH]c1O. The molecular weight excluding hydrogens is 168 g/mol. The normalized spacial score (nSPS) is 9.92. The second-order valence-corrected chi connectivity index (χ2v) is 2.85. The maximum absolute atomic E-state index is 11.3. The van der Waals surface area contributed by atoms with Crippen LogP contribution in [-0.2, 0) is 0 Å². The zero-order valence-electron chi connectivity index (χ0n) is 7.63. The number of aromatic nitrogens is 1. The lowest BCUT2D eigenvalue weighted by Crippen LogP contribution is -2.23. The Morgan fingerprint density at radius 3 is 3.00 bits per heavy atom. The molecule has 0 spiro atoms. The molecule has 1 aromatic rings. The number of hydrogen-bond donors (Lipinski definition) is 3. The lowest BCUT2D eigenvalue weighted by atomic mass is 10.3. The zero-order valence-corrected chi connectivity index (χ0v) is 7.63. The van der Waals surface area contributed by atoms with Gasteiger partial charge in [-0.15, -0.1) is 0 Å². The molecule has 13 heavy (non-hydrogen) atoms. The van der Waals surface area contributed by atoms with Crippen LogP contribution in [0.2, 0.25) is 0 Å². The molecule has 1 rings (SSSR count). The average molecular weight is 182 g/mol. The minimum atomic E-state index is -0.229. The van der Waals surface area contributed by atoms with Gasteiger partial charge in [-0.2, -0.15) is 0 Å². The van der Waals surface area contributed by atoms with Crippen LogP contribution >= 0.6 is 0 Å². The number of unbranched alkanes of at least 4 members (excludes halogenated alkanes) is 1. The van der Waals surface area contributed by atoms with E-state index in [-0.39, 0.29) is 11.8 Å². The fraction of sp³-hybridized carbons (Fsp3) is 0.444. The zero-order chi connectivity index (χ0) is 9.68. The van der Waals surface area contributed by atoms with Gasteiger partial charge in [0.2, 0.25) is 5.88 Å². The van der Waals surface area contributed by atoms with Gasteiger partial charge < -0.3 is 15.4 Å². The first-order valence-electron chi connectivity index (χ1n) is 4.40. The summed E-state index contributed by atoms with van der Waals surface area (Å²) in [5.74, 6) is -0.304. The predicted octanol–water partition coefficient (Wildman–Crippen LogP) is 1.25. The van der Waals surface area contributed by atoms with Gasteiger partial charge in [0.15, 0.2) is 0 Å². The van der Waals surface area contributed by atoms with Crippen LogP contribution in [0.5, 0.6) is 5.88 Å². The third-order valence-corrected chi connectivity index (χ3v) is 1.79. The molecule has 0 fully saturated rings. The van der Waals surface area contributed by atoms with Crippen molar-refractivity contribution < 1.29 is 9.90 Å². The molecule has 1 heterocycles. The smallest absolute Gasteiger partial charge is 0.256 e. The Morgan fingerprint density at radius 2 is 2.46 bits per heavy atom. The number of amides is 1. The van der Waals surface area contributed by atoms with E-state index in [0.717, 1.165) is 12.8 Å². The molecule has 0 radical (unpaired) electrons.